The molecule has 1 aromatic heterocycles. The fraction of sp³-hybridized carbons (Fsp3) is 0.269. The molecule has 0 aliphatic rings. The molecule has 0 aliphatic carbocycles. The minimum atomic E-state index is -3.58. The van der Waals surface area contributed by atoms with Gasteiger partial charge in [0.05, 0.1) is 4.90 Å². The predicted octanol–water partition coefficient (Wildman–Crippen LogP) is 4.91. The second-order valence-corrected chi connectivity index (χ2v) is 9.95. The van der Waals surface area contributed by atoms with Crippen LogP contribution in [0.5, 0.6) is 5.75 Å². The molecule has 2 N–H and O–H groups in total. The molecule has 178 valence electrons. The number of ether oxygens (including phenoxy) is 1. The number of nitrogens with zero attached hydrogens (tertiary/aromatic N) is 1. The summed E-state index contributed by atoms with van der Waals surface area (Å²) in [5, 5.41) is 5.11. The van der Waals surface area contributed by atoms with Crippen LogP contribution in [-0.2, 0) is 21.4 Å². The molecule has 0 saturated carbocycles. The van der Waals surface area contributed by atoms with E-state index in [-0.39, 0.29) is 23.5 Å². The molecule has 0 unspecified atom stereocenters. The lowest BCUT2D eigenvalue weighted by Crippen LogP contribution is -2.31. The summed E-state index contributed by atoms with van der Waals surface area (Å²) in [5.74, 6) is 0.118. The fourth-order valence-corrected chi connectivity index (χ4v) is 5.28. The normalized spacial score (nSPS) is 12.7. The summed E-state index contributed by atoms with van der Waals surface area (Å²) in [6, 6.07) is 20.0. The van der Waals surface area contributed by atoms with Crippen LogP contribution in [0.2, 0.25) is 0 Å². The molecule has 0 radical (unpaired) electrons. The quantitative estimate of drug-likeness (QED) is 0.357. The molecule has 8 heteroatoms. The molecule has 0 spiro atoms. The van der Waals surface area contributed by atoms with E-state index in [4.69, 9.17) is 4.74 Å². The van der Waals surface area contributed by atoms with Crippen molar-refractivity contribution in [3.8, 4) is 5.75 Å². The number of nitrogens with one attached hydrogen (secondary N) is 2. The van der Waals surface area contributed by atoms with Crippen LogP contribution in [0.4, 0.5) is 5.69 Å². The number of carbonyl (C=O) groups excluding carboxylic acids is 1. The van der Waals surface area contributed by atoms with E-state index in [0.717, 1.165) is 28.4 Å². The van der Waals surface area contributed by atoms with Crippen LogP contribution in [0.3, 0.4) is 0 Å². The zero-order chi connectivity index (χ0) is 24.3. The Morgan fingerprint density at radius 2 is 1.68 bits per heavy atom. The zero-order valence-electron chi connectivity index (χ0n) is 19.5. The number of hydrogen-bond acceptors (Lipinski definition) is 4. The lowest BCUT2D eigenvalue weighted by atomic mass is 10.1. The third-order valence-electron chi connectivity index (χ3n) is 5.85. The van der Waals surface area contributed by atoms with Gasteiger partial charge in [-0.1, -0.05) is 25.1 Å². The van der Waals surface area contributed by atoms with Crippen molar-refractivity contribution in [1.29, 1.82) is 0 Å². The third-order valence-corrected chi connectivity index (χ3v) is 7.45. The van der Waals surface area contributed by atoms with E-state index in [1.165, 1.54) is 12.1 Å². The molecule has 0 fully saturated rings. The Morgan fingerprint density at radius 1 is 0.971 bits per heavy atom. The summed E-state index contributed by atoms with van der Waals surface area (Å²) in [6.45, 7) is 6.51. The molecule has 3 aromatic carbocycles. The van der Waals surface area contributed by atoms with Crippen LogP contribution in [0.1, 0.15) is 27.2 Å². The molecule has 1 atom stereocenters. The average molecular weight is 480 g/mol. The molecule has 0 bridgehead atoms. The van der Waals surface area contributed by atoms with Gasteiger partial charge in [0, 0.05) is 40.1 Å². The number of aromatic nitrogens is 1. The Labute approximate surface area is 199 Å². The smallest absolute Gasteiger partial charge is 0.262 e. The Balaban J connectivity index is 1.42. The van der Waals surface area contributed by atoms with Crippen LogP contribution in [0, 0.1) is 0 Å². The van der Waals surface area contributed by atoms with Crippen molar-refractivity contribution in [2.75, 3.05) is 11.9 Å². The van der Waals surface area contributed by atoms with E-state index in [0.29, 0.717) is 17.9 Å². The Bertz CT molecular complexity index is 1430. The highest BCUT2D eigenvalue weighted by atomic mass is 32.2. The first-order chi connectivity index (χ1) is 16.3. The van der Waals surface area contributed by atoms with Gasteiger partial charge in [-0.05, 0) is 68.8 Å². The lowest BCUT2D eigenvalue weighted by Gasteiger charge is -2.12. The van der Waals surface area contributed by atoms with Gasteiger partial charge in [-0.3, -0.25) is 4.79 Å². The van der Waals surface area contributed by atoms with Crippen molar-refractivity contribution in [1.82, 2.24) is 9.29 Å². The highest BCUT2D eigenvalue weighted by Gasteiger charge is 2.16. The van der Waals surface area contributed by atoms with Crippen molar-refractivity contribution < 1.29 is 17.9 Å². The number of sulfonamides is 1. The highest BCUT2D eigenvalue weighted by molar-refractivity contribution is 7.89. The summed E-state index contributed by atoms with van der Waals surface area (Å²) < 4.78 is 35.1. The topological polar surface area (TPSA) is 89.4 Å². The van der Waals surface area contributed by atoms with Gasteiger partial charge in [0.2, 0.25) is 10.0 Å². The molecule has 0 aliphatic heterocycles. The van der Waals surface area contributed by atoms with Crippen molar-refractivity contribution in [3.63, 3.8) is 0 Å². The third kappa shape index (κ3) is 4.93. The number of amides is 1. The lowest BCUT2D eigenvalue weighted by molar-refractivity contribution is -0.118. The maximum absolute atomic E-state index is 12.5. The van der Waals surface area contributed by atoms with Crippen molar-refractivity contribution in [2.45, 2.75) is 44.7 Å². The fourth-order valence-electron chi connectivity index (χ4n) is 3.95. The van der Waals surface area contributed by atoms with E-state index in [1.807, 2.05) is 44.2 Å². The largest absolute Gasteiger partial charge is 0.484 e. The minimum absolute atomic E-state index is 0.151. The monoisotopic (exact) mass is 479 g/mol. The minimum Gasteiger partial charge on any atom is -0.484 e. The van der Waals surface area contributed by atoms with Gasteiger partial charge < -0.3 is 14.6 Å². The van der Waals surface area contributed by atoms with Crippen molar-refractivity contribution in [3.05, 3.63) is 66.7 Å². The van der Waals surface area contributed by atoms with Gasteiger partial charge in [0.1, 0.15) is 5.75 Å². The summed E-state index contributed by atoms with van der Waals surface area (Å²) in [5.41, 5.74) is 2.98. The number of anilines is 1. The summed E-state index contributed by atoms with van der Waals surface area (Å²) in [6.07, 6.45) is 0.698. The van der Waals surface area contributed by atoms with E-state index in [2.05, 4.69) is 33.7 Å². The second kappa shape index (κ2) is 9.87. The Hall–Kier alpha value is -3.36. The molecule has 1 heterocycles. The number of carbonyl (C=O) groups is 1. The van der Waals surface area contributed by atoms with E-state index < -0.39 is 10.0 Å². The molecule has 0 saturated heterocycles. The van der Waals surface area contributed by atoms with Gasteiger partial charge in [-0.15, -0.1) is 0 Å². The standard InChI is InChI=1S/C26H29N3O4S/c1-4-18(3)28-34(31,32)21-13-11-20(12-14-21)33-17-26(30)27-19-10-15-25-23(16-19)22-8-6-7-9-24(22)29(25)5-2/h6-16,18,28H,4-5,17H2,1-3H3,(H,27,30)/t18-/m0/s1. The zero-order valence-corrected chi connectivity index (χ0v) is 20.4. The number of aryl methyl sites for hydroxylation is 1. The predicted molar refractivity (Wildman–Crippen MR) is 136 cm³/mol. The number of rotatable bonds is 9. The first-order valence-electron chi connectivity index (χ1n) is 11.4. The first-order valence-corrected chi connectivity index (χ1v) is 12.9. The van der Waals surface area contributed by atoms with Crippen LogP contribution in [0.15, 0.2) is 71.6 Å². The maximum Gasteiger partial charge on any atom is 0.262 e. The van der Waals surface area contributed by atoms with E-state index in [9.17, 15) is 13.2 Å². The highest BCUT2D eigenvalue weighted by Crippen LogP contribution is 2.31. The van der Waals surface area contributed by atoms with Gasteiger partial charge >= 0.3 is 0 Å². The van der Waals surface area contributed by atoms with Gasteiger partial charge in [0.15, 0.2) is 6.61 Å². The second-order valence-electron chi connectivity index (χ2n) is 8.23. The molecule has 34 heavy (non-hydrogen) atoms. The van der Waals surface area contributed by atoms with Gasteiger partial charge in [0.25, 0.3) is 5.91 Å². The van der Waals surface area contributed by atoms with Crippen LogP contribution in [0.25, 0.3) is 21.8 Å². The Morgan fingerprint density at radius 3 is 2.38 bits per heavy atom. The summed E-state index contributed by atoms with van der Waals surface area (Å²) in [4.78, 5) is 12.6. The number of para-hydroxylation sites is 1. The first kappa shape index (κ1) is 23.8. The molecule has 4 rings (SSSR count). The van der Waals surface area contributed by atoms with Crippen LogP contribution >= 0.6 is 0 Å². The van der Waals surface area contributed by atoms with Gasteiger partial charge in [-0.25, -0.2) is 13.1 Å². The number of benzene rings is 3. The van der Waals surface area contributed by atoms with Crippen molar-refractivity contribution in [2.24, 2.45) is 0 Å². The number of fused-ring (bicyclic) bond motifs is 3. The summed E-state index contributed by atoms with van der Waals surface area (Å²) in [7, 11) is -3.58. The number of hydrogen-bond donors (Lipinski definition) is 2. The SMILES string of the molecule is CC[C@H](C)NS(=O)(=O)c1ccc(OCC(=O)Nc2ccc3c(c2)c2ccccc2n3CC)cc1. The maximum atomic E-state index is 12.5. The van der Waals surface area contributed by atoms with Crippen LogP contribution in [-0.4, -0.2) is 31.5 Å². The molecule has 1 amide bonds. The van der Waals surface area contributed by atoms with Crippen molar-refractivity contribution >= 4 is 43.4 Å². The van der Waals surface area contributed by atoms with E-state index >= 15 is 0 Å². The molecule has 7 nitrogen and oxygen atoms in total. The molecule has 4 aromatic rings. The average Bonchev–Trinajstić information content (AvgIpc) is 3.15. The van der Waals surface area contributed by atoms with E-state index in [1.54, 1.807) is 12.1 Å². The molecular formula is C26H29N3O4S. The Kier molecular flexibility index (Phi) is 6.90. The summed E-state index contributed by atoms with van der Waals surface area (Å²) >= 11 is 0. The van der Waals surface area contributed by atoms with Crippen LogP contribution < -0.4 is 14.8 Å². The van der Waals surface area contributed by atoms with Gasteiger partial charge in [-0.2, -0.15) is 0 Å². The molecular weight excluding hydrogens is 450 g/mol.